The first-order chi connectivity index (χ1) is 20.7. The molecule has 3 N–H and O–H groups in total. The molecule has 0 bridgehead atoms. The molecule has 43 heavy (non-hydrogen) atoms. The standard InChI is InChI=1S/C31H42F2N8O2/c1-17(2)41-23(16-34-40-41)30(42)37-28(26(20-11-7-5-8-12-20)21-13-9-6-10-14-21)31(43)36-24-15-22(32)27(29(33)35-24)25-18(3)38-39-19(25)4/h15-17,20-21,26,28H,5-14H2,1-4H3,(H,37,42)(H,38,39)(H,35,36,43)/t28-/m0/s1. The van der Waals surface area contributed by atoms with Gasteiger partial charge in [-0.1, -0.05) is 69.4 Å². The van der Waals surface area contributed by atoms with Crippen LogP contribution in [-0.2, 0) is 4.79 Å². The zero-order chi connectivity index (χ0) is 30.7. The Morgan fingerprint density at radius 1 is 0.977 bits per heavy atom. The molecule has 0 spiro atoms. The number of pyridine rings is 1. The summed E-state index contributed by atoms with van der Waals surface area (Å²) in [5.74, 6) is -2.78. The molecule has 12 heteroatoms. The third-order valence-corrected chi connectivity index (χ3v) is 9.20. The van der Waals surface area contributed by atoms with E-state index < -0.39 is 29.6 Å². The maximum absolute atomic E-state index is 15.4. The molecule has 10 nitrogen and oxygen atoms in total. The molecular formula is C31H42F2N8O2. The highest BCUT2D eigenvalue weighted by Gasteiger charge is 2.42. The Balaban J connectivity index is 1.49. The molecule has 3 aromatic rings. The van der Waals surface area contributed by atoms with E-state index in [0.29, 0.717) is 17.0 Å². The van der Waals surface area contributed by atoms with Gasteiger partial charge in [0.2, 0.25) is 11.9 Å². The molecule has 2 amide bonds. The van der Waals surface area contributed by atoms with Crippen LogP contribution in [0, 0.1) is 43.4 Å². The van der Waals surface area contributed by atoms with Gasteiger partial charge in [0, 0.05) is 23.4 Å². The van der Waals surface area contributed by atoms with Crippen molar-refractivity contribution in [3.05, 3.63) is 41.1 Å². The highest BCUT2D eigenvalue weighted by Crippen LogP contribution is 2.42. The van der Waals surface area contributed by atoms with E-state index in [1.54, 1.807) is 13.8 Å². The lowest BCUT2D eigenvalue weighted by atomic mass is 9.66. The van der Waals surface area contributed by atoms with Crippen LogP contribution >= 0.6 is 0 Å². The van der Waals surface area contributed by atoms with Gasteiger partial charge in [0.1, 0.15) is 23.4 Å². The highest BCUT2D eigenvalue weighted by molar-refractivity contribution is 6.00. The first kappa shape index (κ1) is 30.7. The number of hydrogen-bond acceptors (Lipinski definition) is 6. The number of amides is 2. The molecule has 2 fully saturated rings. The summed E-state index contributed by atoms with van der Waals surface area (Å²) in [5.41, 5.74) is 1.20. The summed E-state index contributed by atoms with van der Waals surface area (Å²) in [6, 6.07) is -0.0194. The van der Waals surface area contributed by atoms with Crippen LogP contribution in [0.1, 0.15) is 106 Å². The second-order valence-electron chi connectivity index (χ2n) is 12.4. The second-order valence-corrected chi connectivity index (χ2v) is 12.4. The van der Waals surface area contributed by atoms with E-state index in [9.17, 15) is 9.59 Å². The van der Waals surface area contributed by atoms with Gasteiger partial charge in [-0.15, -0.1) is 5.10 Å². The number of aromatic nitrogens is 6. The van der Waals surface area contributed by atoms with E-state index in [1.165, 1.54) is 10.9 Å². The van der Waals surface area contributed by atoms with Gasteiger partial charge in [0.25, 0.3) is 5.91 Å². The van der Waals surface area contributed by atoms with Crippen LogP contribution in [0.2, 0.25) is 0 Å². The van der Waals surface area contributed by atoms with Crippen LogP contribution in [0.15, 0.2) is 12.3 Å². The van der Waals surface area contributed by atoms with E-state index in [0.717, 1.165) is 70.3 Å². The summed E-state index contributed by atoms with van der Waals surface area (Å²) in [7, 11) is 0. The molecular weight excluding hydrogens is 554 g/mol. The largest absolute Gasteiger partial charge is 0.339 e. The lowest BCUT2D eigenvalue weighted by molar-refractivity contribution is -0.121. The molecule has 232 valence electrons. The minimum absolute atomic E-state index is 0.112. The van der Waals surface area contributed by atoms with Crippen molar-refractivity contribution in [1.82, 2.24) is 35.5 Å². The topological polar surface area (TPSA) is 130 Å². The molecule has 3 heterocycles. The monoisotopic (exact) mass is 596 g/mol. The smallest absolute Gasteiger partial charge is 0.271 e. The number of H-pyrrole nitrogens is 1. The van der Waals surface area contributed by atoms with Crippen molar-refractivity contribution in [1.29, 1.82) is 0 Å². The van der Waals surface area contributed by atoms with Crippen molar-refractivity contribution in [2.24, 2.45) is 17.8 Å². The molecule has 5 rings (SSSR count). The Morgan fingerprint density at radius 3 is 2.14 bits per heavy atom. The molecule has 3 aromatic heterocycles. The number of halogens is 2. The van der Waals surface area contributed by atoms with Gasteiger partial charge in [-0.05, 0) is 45.4 Å². The van der Waals surface area contributed by atoms with Crippen LogP contribution in [0.4, 0.5) is 14.6 Å². The average Bonchev–Trinajstić information content (AvgIpc) is 3.61. The molecule has 2 aliphatic rings. The number of hydrogen-bond donors (Lipinski definition) is 3. The fraction of sp³-hybridized carbons (Fsp3) is 0.613. The number of carbonyl (C=O) groups excluding carboxylic acids is 2. The molecule has 0 unspecified atom stereocenters. The molecule has 0 aromatic carbocycles. The highest BCUT2D eigenvalue weighted by atomic mass is 19.1. The first-order valence-electron chi connectivity index (χ1n) is 15.6. The average molecular weight is 597 g/mol. The van der Waals surface area contributed by atoms with E-state index in [-0.39, 0.29) is 40.9 Å². The van der Waals surface area contributed by atoms with Crippen molar-refractivity contribution in [2.45, 2.75) is 104 Å². The molecule has 0 saturated heterocycles. The van der Waals surface area contributed by atoms with Crippen molar-refractivity contribution in [3.8, 4) is 11.1 Å². The first-order valence-corrected chi connectivity index (χ1v) is 15.6. The minimum atomic E-state index is -1.05. The SMILES string of the molecule is Cc1n[nH]c(C)c1-c1c(F)cc(NC(=O)[C@@H](NC(=O)c2cnnn2C(C)C)C(C2CCCCC2)C2CCCCC2)nc1F. The zero-order valence-electron chi connectivity index (χ0n) is 25.4. The summed E-state index contributed by atoms with van der Waals surface area (Å²) in [4.78, 5) is 31.8. The van der Waals surface area contributed by atoms with Crippen LogP contribution in [0.25, 0.3) is 11.1 Å². The number of aromatic amines is 1. The van der Waals surface area contributed by atoms with Gasteiger partial charge in [-0.3, -0.25) is 14.7 Å². The maximum atomic E-state index is 15.4. The van der Waals surface area contributed by atoms with Gasteiger partial charge in [0.15, 0.2) is 0 Å². The number of rotatable bonds is 9. The molecule has 0 aliphatic heterocycles. The predicted molar refractivity (Wildman–Crippen MR) is 158 cm³/mol. The normalized spacial score (nSPS) is 17.4. The van der Waals surface area contributed by atoms with Crippen molar-refractivity contribution in [2.75, 3.05) is 5.32 Å². The molecule has 2 aliphatic carbocycles. The number of nitrogens with one attached hydrogen (secondary N) is 3. The summed E-state index contributed by atoms with van der Waals surface area (Å²) in [5, 5.41) is 20.4. The zero-order valence-corrected chi connectivity index (χ0v) is 25.4. The van der Waals surface area contributed by atoms with Crippen molar-refractivity contribution >= 4 is 17.6 Å². The predicted octanol–water partition coefficient (Wildman–Crippen LogP) is 6.05. The summed E-state index contributed by atoms with van der Waals surface area (Å²) < 4.78 is 32.2. The van der Waals surface area contributed by atoms with Crippen molar-refractivity contribution in [3.63, 3.8) is 0 Å². The van der Waals surface area contributed by atoms with Crippen LogP contribution in [0.3, 0.4) is 0 Å². The van der Waals surface area contributed by atoms with E-state index in [2.05, 4.69) is 36.1 Å². The summed E-state index contributed by atoms with van der Waals surface area (Å²) in [6.45, 7) is 7.12. The number of aryl methyl sites for hydroxylation is 2. The molecule has 2 saturated carbocycles. The minimum Gasteiger partial charge on any atom is -0.339 e. The second kappa shape index (κ2) is 13.3. The molecule has 0 radical (unpaired) electrons. The Bertz CT molecular complexity index is 1380. The van der Waals surface area contributed by atoms with Gasteiger partial charge in [-0.2, -0.15) is 9.49 Å². The lowest BCUT2D eigenvalue weighted by Crippen LogP contribution is -2.53. The van der Waals surface area contributed by atoms with Crippen molar-refractivity contribution < 1.29 is 18.4 Å². The van der Waals surface area contributed by atoms with Gasteiger partial charge < -0.3 is 10.6 Å². The Labute approximate surface area is 250 Å². The lowest BCUT2D eigenvalue weighted by Gasteiger charge is -2.41. The summed E-state index contributed by atoms with van der Waals surface area (Å²) >= 11 is 0. The van der Waals surface area contributed by atoms with Gasteiger partial charge >= 0.3 is 0 Å². The van der Waals surface area contributed by atoms with Crippen LogP contribution in [-0.4, -0.2) is 48.0 Å². The summed E-state index contributed by atoms with van der Waals surface area (Å²) in [6.07, 6.45) is 11.9. The van der Waals surface area contributed by atoms with Crippen LogP contribution in [0.5, 0.6) is 0 Å². The Morgan fingerprint density at radius 2 is 1.60 bits per heavy atom. The fourth-order valence-electron chi connectivity index (χ4n) is 7.20. The quantitative estimate of drug-likeness (QED) is 0.258. The van der Waals surface area contributed by atoms with Gasteiger partial charge in [-0.25, -0.2) is 14.1 Å². The third kappa shape index (κ3) is 6.62. The Kier molecular flexibility index (Phi) is 9.51. The van der Waals surface area contributed by atoms with E-state index in [4.69, 9.17) is 0 Å². The third-order valence-electron chi connectivity index (χ3n) is 9.20. The van der Waals surface area contributed by atoms with E-state index in [1.807, 2.05) is 13.8 Å². The molecule has 1 atom stereocenters. The number of carbonyl (C=O) groups is 2. The van der Waals surface area contributed by atoms with Crippen LogP contribution < -0.4 is 10.6 Å². The number of anilines is 1. The maximum Gasteiger partial charge on any atom is 0.271 e. The number of nitrogens with zero attached hydrogens (tertiary/aromatic N) is 5. The fourth-order valence-corrected chi connectivity index (χ4v) is 7.20. The Hall–Kier alpha value is -3.70. The van der Waals surface area contributed by atoms with E-state index >= 15 is 8.78 Å². The van der Waals surface area contributed by atoms with Gasteiger partial charge in [0.05, 0.1) is 17.5 Å².